The van der Waals surface area contributed by atoms with Crippen LogP contribution in [-0.4, -0.2) is 12.6 Å². The van der Waals surface area contributed by atoms with Crippen LogP contribution in [0.3, 0.4) is 0 Å². The van der Waals surface area contributed by atoms with Crippen molar-refractivity contribution < 1.29 is 4.57 Å². The topological polar surface area (TPSA) is 8.81 Å². The molecule has 35 heavy (non-hydrogen) atoms. The molecule has 0 saturated heterocycles. The van der Waals surface area contributed by atoms with Crippen molar-refractivity contribution in [2.45, 2.75) is 13.8 Å². The van der Waals surface area contributed by atoms with Crippen molar-refractivity contribution in [3.05, 3.63) is 120 Å². The van der Waals surface area contributed by atoms with Gasteiger partial charge in [-0.1, -0.05) is 84.9 Å². The van der Waals surface area contributed by atoms with Gasteiger partial charge in [-0.2, -0.15) is 4.57 Å². The number of rotatable bonds is 2. The van der Waals surface area contributed by atoms with Crippen molar-refractivity contribution in [1.29, 1.82) is 0 Å². The maximum atomic E-state index is 2.56. The van der Waals surface area contributed by atoms with Gasteiger partial charge < -0.3 is 0 Å². The van der Waals surface area contributed by atoms with Gasteiger partial charge in [-0.05, 0) is 53.5 Å². The number of fused-ring (bicyclic) bond motifs is 5. The van der Waals surface area contributed by atoms with Crippen molar-refractivity contribution in [2.24, 2.45) is 7.05 Å². The van der Waals surface area contributed by atoms with Gasteiger partial charge in [0.15, 0.2) is 8.07 Å². The summed E-state index contributed by atoms with van der Waals surface area (Å²) in [5, 5.41) is 8.45. The molecule has 0 unspecified atom stereocenters. The summed E-state index contributed by atoms with van der Waals surface area (Å²) in [7, 11) is -0.374. The summed E-state index contributed by atoms with van der Waals surface area (Å²) in [6.45, 7) is 4.50. The Kier molecular flexibility index (Phi) is 4.24. The van der Waals surface area contributed by atoms with Gasteiger partial charge in [0.1, 0.15) is 11.0 Å². The number of benzene rings is 4. The van der Waals surface area contributed by atoms with Crippen LogP contribution in [0.25, 0.3) is 27.6 Å². The van der Waals surface area contributed by atoms with Gasteiger partial charge in [0, 0.05) is 21.1 Å². The fraction of sp³-hybridized carbons (Fsp3) is 0.0938. The molecule has 0 N–H and O–H groups in total. The number of aromatic nitrogens is 2. The Morgan fingerprint density at radius 2 is 1.23 bits per heavy atom. The minimum atomic E-state index is -2.57. The zero-order chi connectivity index (χ0) is 23.7. The van der Waals surface area contributed by atoms with E-state index >= 15 is 0 Å². The molecule has 0 amide bonds. The van der Waals surface area contributed by atoms with E-state index in [-0.39, 0.29) is 0 Å². The molecule has 0 radical (unpaired) electrons. The van der Waals surface area contributed by atoms with Crippen molar-refractivity contribution in [3.63, 3.8) is 0 Å². The molecule has 3 heteroatoms. The summed E-state index contributed by atoms with van der Waals surface area (Å²) >= 11 is 0. The van der Waals surface area contributed by atoms with Crippen molar-refractivity contribution in [3.8, 4) is 5.82 Å². The lowest BCUT2D eigenvalue weighted by molar-refractivity contribution is -0.664. The molecule has 7 rings (SSSR count). The Balaban J connectivity index is 1.82. The first-order valence-corrected chi connectivity index (χ1v) is 14.3. The van der Waals surface area contributed by atoms with E-state index in [1.54, 1.807) is 0 Å². The number of hydrogen-bond acceptors (Lipinski definition) is 0. The Morgan fingerprint density at radius 1 is 0.600 bits per heavy atom. The first-order chi connectivity index (χ1) is 17.1. The zero-order valence-electron chi connectivity index (χ0n) is 20.3. The van der Waals surface area contributed by atoms with E-state index in [1.807, 2.05) is 0 Å². The van der Waals surface area contributed by atoms with Gasteiger partial charge >= 0.3 is 0 Å². The molecule has 0 saturated carbocycles. The quantitative estimate of drug-likeness (QED) is 0.269. The third kappa shape index (κ3) is 2.51. The number of pyridine rings is 1. The zero-order valence-corrected chi connectivity index (χ0v) is 21.3. The first-order valence-electron chi connectivity index (χ1n) is 12.3. The molecule has 0 aliphatic carbocycles. The van der Waals surface area contributed by atoms with Crippen molar-refractivity contribution in [1.82, 2.24) is 4.57 Å². The minimum Gasteiger partial charge on any atom is -0.237 e. The standard InChI is InChI=1S/C32H27N2Si/c1-22-19-20-27-26-16-10-17-28-31(26)34(30(27)23(22)2)32-29(18-11-21-33(32)3)35(28,24-12-6-4-7-13-24)25-14-8-5-9-15-25/h4-21H,1-3H3/q+1. The molecule has 2 aromatic heterocycles. The molecule has 0 atom stereocenters. The highest BCUT2D eigenvalue weighted by molar-refractivity contribution is 7.21. The molecule has 3 heterocycles. The molecule has 0 spiro atoms. The van der Waals surface area contributed by atoms with Gasteiger partial charge in [-0.15, -0.1) is 0 Å². The first kappa shape index (κ1) is 20.4. The summed E-state index contributed by atoms with van der Waals surface area (Å²) in [4.78, 5) is 0. The van der Waals surface area contributed by atoms with E-state index in [0.29, 0.717) is 0 Å². The normalized spacial score (nSPS) is 13.8. The highest BCUT2D eigenvalue weighted by Crippen LogP contribution is 2.36. The lowest BCUT2D eigenvalue weighted by Gasteiger charge is -2.36. The summed E-state index contributed by atoms with van der Waals surface area (Å²) in [6, 6.07) is 38.7. The largest absolute Gasteiger partial charge is 0.286 e. The second-order valence-corrected chi connectivity index (χ2v) is 13.5. The molecule has 4 aromatic carbocycles. The Labute approximate surface area is 206 Å². The molecule has 6 aromatic rings. The average Bonchev–Trinajstić information content (AvgIpc) is 3.24. The van der Waals surface area contributed by atoms with Gasteiger partial charge in [-0.3, -0.25) is 0 Å². The van der Waals surface area contributed by atoms with E-state index in [0.717, 1.165) is 0 Å². The second-order valence-electron chi connectivity index (χ2n) is 9.78. The monoisotopic (exact) mass is 467 g/mol. The molecule has 2 nitrogen and oxygen atoms in total. The maximum Gasteiger partial charge on any atom is 0.286 e. The third-order valence-corrected chi connectivity index (χ3v) is 12.9. The van der Waals surface area contributed by atoms with Crippen LogP contribution in [0, 0.1) is 13.8 Å². The molecule has 0 bridgehead atoms. The second kappa shape index (κ2) is 7.27. The van der Waals surface area contributed by atoms with Crippen LogP contribution in [-0.2, 0) is 7.05 Å². The Hall–Kier alpha value is -3.95. The predicted molar refractivity (Wildman–Crippen MR) is 149 cm³/mol. The van der Waals surface area contributed by atoms with Gasteiger partial charge in [0.25, 0.3) is 5.82 Å². The van der Waals surface area contributed by atoms with Crippen LogP contribution in [0.1, 0.15) is 11.1 Å². The summed E-state index contributed by atoms with van der Waals surface area (Å²) in [5.74, 6) is 1.29. The van der Waals surface area contributed by atoms with Gasteiger partial charge in [0.05, 0.1) is 13.2 Å². The Morgan fingerprint density at radius 3 is 1.91 bits per heavy atom. The Bertz CT molecular complexity index is 1730. The van der Waals surface area contributed by atoms with E-state index in [9.17, 15) is 0 Å². The minimum absolute atomic E-state index is 1.29. The van der Waals surface area contributed by atoms with E-state index < -0.39 is 8.07 Å². The molecule has 1 aliphatic rings. The number of nitrogens with zero attached hydrogens (tertiary/aromatic N) is 2. The van der Waals surface area contributed by atoms with Crippen LogP contribution in [0.5, 0.6) is 0 Å². The fourth-order valence-corrected chi connectivity index (χ4v) is 11.6. The van der Waals surface area contributed by atoms with E-state index in [2.05, 4.69) is 139 Å². The number of para-hydroxylation sites is 1. The average molecular weight is 468 g/mol. The molecule has 168 valence electrons. The van der Waals surface area contributed by atoms with Crippen LogP contribution < -0.4 is 25.3 Å². The highest BCUT2D eigenvalue weighted by Gasteiger charge is 2.51. The van der Waals surface area contributed by atoms with Gasteiger partial charge in [-0.25, -0.2) is 4.57 Å². The van der Waals surface area contributed by atoms with Crippen LogP contribution in [0.4, 0.5) is 0 Å². The smallest absolute Gasteiger partial charge is 0.237 e. The third-order valence-electron chi connectivity index (χ3n) is 8.06. The van der Waals surface area contributed by atoms with Crippen LogP contribution >= 0.6 is 0 Å². The summed E-state index contributed by atoms with van der Waals surface area (Å²) < 4.78 is 4.90. The predicted octanol–water partition coefficient (Wildman–Crippen LogP) is 3.92. The number of aryl methyl sites for hydroxylation is 3. The SMILES string of the molecule is Cc1ccc2c3cccc4c3n(c2c1C)-c1c(ccc[n+]1C)[Si]4(c1ccccc1)c1ccccc1. The molecular formula is C32H27N2Si+. The van der Waals surface area contributed by atoms with E-state index in [1.165, 1.54) is 59.5 Å². The molecular weight excluding hydrogens is 440 g/mol. The van der Waals surface area contributed by atoms with E-state index in [4.69, 9.17) is 0 Å². The van der Waals surface area contributed by atoms with Gasteiger partial charge in [0.2, 0.25) is 0 Å². The van der Waals surface area contributed by atoms with Crippen LogP contribution in [0.2, 0.25) is 0 Å². The highest BCUT2D eigenvalue weighted by atomic mass is 28.3. The number of hydrogen-bond donors (Lipinski definition) is 0. The molecule has 0 fully saturated rings. The van der Waals surface area contributed by atoms with Crippen LogP contribution in [0.15, 0.2) is 109 Å². The van der Waals surface area contributed by atoms with Crippen molar-refractivity contribution >= 4 is 50.6 Å². The molecule has 1 aliphatic heterocycles. The summed E-state index contributed by atoms with van der Waals surface area (Å²) in [6.07, 6.45) is 2.20. The maximum absolute atomic E-state index is 2.57. The van der Waals surface area contributed by atoms with Crippen molar-refractivity contribution in [2.75, 3.05) is 0 Å². The lowest BCUT2D eigenvalue weighted by atomic mass is 10.1. The fourth-order valence-electron chi connectivity index (χ4n) is 6.42. The summed E-state index contributed by atoms with van der Waals surface area (Å²) in [5.41, 5.74) is 5.38. The lowest BCUT2D eigenvalue weighted by Crippen LogP contribution is -2.78.